The molecule has 0 fully saturated rings. The Labute approximate surface area is 172 Å². The Kier molecular flexibility index (Phi) is 7.03. The van der Waals surface area contributed by atoms with Gasteiger partial charge in [-0.15, -0.1) is 0 Å². The molecule has 0 saturated carbocycles. The van der Waals surface area contributed by atoms with Crippen LogP contribution in [0.15, 0.2) is 91.0 Å². The number of benzene rings is 3. The number of hydrogen-bond donors (Lipinski definition) is 0. The Morgan fingerprint density at radius 3 is 1.04 bits per heavy atom. The van der Waals surface area contributed by atoms with E-state index >= 15 is 0 Å². The van der Waals surface area contributed by atoms with Gasteiger partial charge in [0.25, 0.3) is 0 Å². The number of rotatable bonds is 1. The molecular weight excluding hydrogens is 443 g/mol. The minimum absolute atomic E-state index is 0.359. The third kappa shape index (κ3) is 5.57. The average Bonchev–Trinajstić information content (AvgIpc) is 2.75. The van der Waals surface area contributed by atoms with E-state index in [9.17, 15) is 0 Å². The van der Waals surface area contributed by atoms with Crippen LogP contribution < -0.4 is 0 Å². The van der Waals surface area contributed by atoms with Crippen molar-refractivity contribution >= 4 is 18.4 Å². The molecule has 0 nitrogen and oxygen atoms in total. The van der Waals surface area contributed by atoms with Crippen LogP contribution in [0, 0.1) is 29.6 Å². The van der Waals surface area contributed by atoms with Gasteiger partial charge in [0.15, 0.2) is 0 Å². The van der Waals surface area contributed by atoms with Crippen molar-refractivity contribution in [3.8, 4) is 29.6 Å². The van der Waals surface area contributed by atoms with Crippen LogP contribution in [0.25, 0.3) is 0 Å². The van der Waals surface area contributed by atoms with Gasteiger partial charge in [-0.1, -0.05) is 0 Å². The maximum atomic E-state index is 3.60. The molecule has 3 aromatic carbocycles. The molecule has 0 aliphatic heterocycles. The summed E-state index contributed by atoms with van der Waals surface area (Å²) in [5.74, 6) is 10.1. The van der Waals surface area contributed by atoms with E-state index in [0.717, 1.165) is 16.7 Å². The second-order valence-electron chi connectivity index (χ2n) is 6.81. The quantitative estimate of drug-likeness (QED) is 0.324. The monoisotopic (exact) mass is 466 g/mol. The summed E-state index contributed by atoms with van der Waals surface area (Å²) in [6.07, 6.45) is 0. The van der Waals surface area contributed by atoms with Gasteiger partial charge in [0.05, 0.1) is 0 Å². The summed E-state index contributed by atoms with van der Waals surface area (Å²) < 4.78 is 11.2. The van der Waals surface area contributed by atoms with Crippen molar-refractivity contribution in [1.82, 2.24) is 0 Å². The van der Waals surface area contributed by atoms with Crippen LogP contribution in [-0.2, 0) is 0 Å². The SMILES string of the molecule is C[CH](C)[Sn]([C]#Cc1ccccc1)([C]#Cc1ccccc1)[C]#Cc1ccccc1. The first kappa shape index (κ1) is 19.9. The van der Waals surface area contributed by atoms with Crippen molar-refractivity contribution in [2.45, 2.75) is 17.8 Å². The Hall–Kier alpha value is -2.86. The topological polar surface area (TPSA) is 0 Å². The van der Waals surface area contributed by atoms with E-state index in [0.29, 0.717) is 3.93 Å². The Bertz CT molecular complexity index is 938. The zero-order valence-electron chi connectivity index (χ0n) is 16.2. The number of hydrogen-bond acceptors (Lipinski definition) is 0. The van der Waals surface area contributed by atoms with Gasteiger partial charge in [-0.3, -0.25) is 0 Å². The van der Waals surface area contributed by atoms with E-state index in [1.165, 1.54) is 0 Å². The molecule has 0 radical (unpaired) electrons. The molecule has 28 heavy (non-hydrogen) atoms. The van der Waals surface area contributed by atoms with Gasteiger partial charge in [-0.05, 0) is 0 Å². The Morgan fingerprint density at radius 1 is 0.500 bits per heavy atom. The van der Waals surface area contributed by atoms with Crippen LogP contribution in [-0.4, -0.2) is 18.4 Å². The van der Waals surface area contributed by atoms with Crippen molar-refractivity contribution < 1.29 is 0 Å². The van der Waals surface area contributed by atoms with E-state index in [1.54, 1.807) is 0 Å². The maximum absolute atomic E-state index is 3.60. The zero-order valence-corrected chi connectivity index (χ0v) is 19.1. The molecule has 0 atom stereocenters. The first-order chi connectivity index (χ1) is 13.7. The average molecular weight is 465 g/mol. The summed E-state index contributed by atoms with van der Waals surface area (Å²) in [6.45, 7) is 4.43. The van der Waals surface area contributed by atoms with E-state index < -0.39 is 18.4 Å². The van der Waals surface area contributed by atoms with Crippen molar-refractivity contribution in [3.63, 3.8) is 0 Å². The van der Waals surface area contributed by atoms with Crippen molar-refractivity contribution in [3.05, 3.63) is 108 Å². The van der Waals surface area contributed by atoms with Crippen LogP contribution in [0.3, 0.4) is 0 Å². The predicted octanol–water partition coefficient (Wildman–Crippen LogP) is 5.62. The molecule has 3 rings (SSSR count). The van der Waals surface area contributed by atoms with Crippen LogP contribution in [0.2, 0.25) is 3.93 Å². The van der Waals surface area contributed by atoms with Crippen molar-refractivity contribution in [1.29, 1.82) is 0 Å². The zero-order chi connectivity index (χ0) is 19.7. The molecule has 0 aliphatic carbocycles. The fraction of sp³-hybridized carbons (Fsp3) is 0.111. The summed E-state index contributed by atoms with van der Waals surface area (Å²) in [4.78, 5) is 0. The fourth-order valence-corrected chi connectivity index (χ4v) is 8.53. The molecule has 0 amide bonds. The van der Waals surface area contributed by atoms with Gasteiger partial charge >= 0.3 is 173 Å². The summed E-state index contributed by atoms with van der Waals surface area (Å²) in [5.41, 5.74) is 3.06. The van der Waals surface area contributed by atoms with Gasteiger partial charge in [0.1, 0.15) is 0 Å². The molecule has 0 N–H and O–H groups in total. The van der Waals surface area contributed by atoms with E-state index in [1.807, 2.05) is 91.0 Å². The van der Waals surface area contributed by atoms with Crippen LogP contribution in [0.4, 0.5) is 0 Å². The van der Waals surface area contributed by atoms with Gasteiger partial charge in [-0.25, -0.2) is 0 Å². The van der Waals surface area contributed by atoms with Crippen molar-refractivity contribution in [2.24, 2.45) is 0 Å². The summed E-state index contributed by atoms with van der Waals surface area (Å²) in [7, 11) is 0. The molecule has 3 aromatic rings. The van der Waals surface area contributed by atoms with Crippen molar-refractivity contribution in [2.75, 3.05) is 0 Å². The van der Waals surface area contributed by atoms with Crippen LogP contribution >= 0.6 is 0 Å². The van der Waals surface area contributed by atoms with Gasteiger partial charge in [0, 0.05) is 0 Å². The molecule has 0 unspecified atom stereocenters. The second-order valence-corrected chi connectivity index (χ2v) is 16.9. The Morgan fingerprint density at radius 2 is 0.786 bits per heavy atom. The normalized spacial score (nSPS) is 9.96. The van der Waals surface area contributed by atoms with Crippen LogP contribution in [0.1, 0.15) is 30.5 Å². The summed E-state index contributed by atoms with van der Waals surface area (Å²) in [6, 6.07) is 30.4. The third-order valence-electron chi connectivity index (χ3n) is 4.40. The van der Waals surface area contributed by atoms with Crippen LogP contribution in [0.5, 0.6) is 0 Å². The molecule has 134 valence electrons. The molecule has 0 spiro atoms. The molecule has 1 heteroatoms. The first-order valence-electron chi connectivity index (χ1n) is 9.43. The molecule has 0 aliphatic rings. The van der Waals surface area contributed by atoms with Gasteiger partial charge in [0.2, 0.25) is 0 Å². The molecule has 0 saturated heterocycles. The van der Waals surface area contributed by atoms with Gasteiger partial charge in [-0.2, -0.15) is 0 Å². The van der Waals surface area contributed by atoms with E-state index in [4.69, 9.17) is 0 Å². The predicted molar refractivity (Wildman–Crippen MR) is 121 cm³/mol. The molecular formula is C27H22Sn. The summed E-state index contributed by atoms with van der Waals surface area (Å²) in [5, 5.41) is 0. The second kappa shape index (κ2) is 9.90. The molecule has 0 heterocycles. The van der Waals surface area contributed by atoms with E-state index in [-0.39, 0.29) is 0 Å². The summed E-state index contributed by atoms with van der Waals surface area (Å²) >= 11 is -3.42. The minimum atomic E-state index is -3.42. The first-order valence-corrected chi connectivity index (χ1v) is 15.4. The fourth-order valence-electron chi connectivity index (χ4n) is 2.60. The molecule has 0 aromatic heterocycles. The van der Waals surface area contributed by atoms with Gasteiger partial charge < -0.3 is 0 Å². The third-order valence-corrected chi connectivity index (χ3v) is 13.8. The Balaban J connectivity index is 2.09. The standard InChI is InChI=1S/3C8H5.C3H7.Sn/c3*1-2-8-6-4-3-5-7-8;1-3-2;/h3*3-7H;3H,1-2H3;. The van der Waals surface area contributed by atoms with E-state index in [2.05, 4.69) is 43.4 Å². The molecule has 0 bridgehead atoms.